The highest BCUT2D eigenvalue weighted by atomic mass is 32.1. The van der Waals surface area contributed by atoms with E-state index in [1.807, 2.05) is 0 Å². The lowest BCUT2D eigenvalue weighted by molar-refractivity contribution is 0.0972. The number of nitrogens with one attached hydrogen (secondary N) is 1. The number of anilines is 1. The van der Waals surface area contributed by atoms with Crippen molar-refractivity contribution in [2.24, 2.45) is 7.05 Å². The Bertz CT molecular complexity index is 1390. The molecule has 0 saturated carbocycles. The van der Waals surface area contributed by atoms with Gasteiger partial charge >= 0.3 is 0 Å². The molecule has 4 aromatic rings. The summed E-state index contributed by atoms with van der Waals surface area (Å²) in [4.78, 5) is 30.7. The molecule has 0 aliphatic heterocycles. The number of fused-ring (bicyclic) bond motifs is 1. The van der Waals surface area contributed by atoms with E-state index in [0.29, 0.717) is 21.6 Å². The number of pyridine rings is 1. The summed E-state index contributed by atoms with van der Waals surface area (Å²) in [6, 6.07) is 9.32. The minimum Gasteiger partial charge on any atom is -0.506 e. The molecule has 2 heterocycles. The van der Waals surface area contributed by atoms with E-state index < -0.39 is 17.4 Å². The van der Waals surface area contributed by atoms with Crippen molar-refractivity contribution in [3.05, 3.63) is 69.5 Å². The molecule has 1 atom stereocenters. The molecule has 0 amide bonds. The number of methoxy groups -OCH3 is 2. The van der Waals surface area contributed by atoms with Gasteiger partial charge in [0.2, 0.25) is 5.75 Å². The monoisotopic (exact) mass is 481 g/mol. The first-order valence-corrected chi connectivity index (χ1v) is 11.2. The number of hydrogen-bond donors (Lipinski definition) is 3. The van der Waals surface area contributed by atoms with Crippen LogP contribution in [0.1, 0.15) is 28.4 Å². The number of benzene rings is 2. The fourth-order valence-corrected chi connectivity index (χ4v) is 4.41. The Morgan fingerprint density at radius 1 is 1.15 bits per heavy atom. The van der Waals surface area contributed by atoms with E-state index in [9.17, 15) is 19.8 Å². The average Bonchev–Trinajstić information content (AvgIpc) is 3.35. The van der Waals surface area contributed by atoms with Gasteiger partial charge in [-0.15, -0.1) is 11.3 Å². The number of para-hydroxylation sites is 1. The number of hydrogen-bond acceptors (Lipinski definition) is 9. The van der Waals surface area contributed by atoms with Gasteiger partial charge in [-0.2, -0.15) is 0 Å². The number of rotatable bonds is 8. The summed E-state index contributed by atoms with van der Waals surface area (Å²) in [5.74, 6) is -0.745. The lowest BCUT2D eigenvalue weighted by Crippen LogP contribution is -2.26. The van der Waals surface area contributed by atoms with Gasteiger partial charge in [0.15, 0.2) is 22.4 Å². The van der Waals surface area contributed by atoms with E-state index in [0.717, 1.165) is 0 Å². The number of ketones is 1. The van der Waals surface area contributed by atoms with Crippen LogP contribution in [-0.2, 0) is 7.05 Å². The van der Waals surface area contributed by atoms with Crippen molar-refractivity contribution in [3.63, 3.8) is 0 Å². The van der Waals surface area contributed by atoms with Crippen molar-refractivity contribution in [1.29, 1.82) is 0 Å². The van der Waals surface area contributed by atoms with E-state index >= 15 is 0 Å². The van der Waals surface area contributed by atoms with E-state index in [-0.39, 0.29) is 35.0 Å². The Morgan fingerprint density at radius 2 is 1.82 bits per heavy atom. The molecule has 2 aromatic heterocycles. The highest BCUT2D eigenvalue weighted by Gasteiger charge is 2.26. The van der Waals surface area contributed by atoms with Crippen LogP contribution in [0.25, 0.3) is 10.9 Å². The second-order valence-electron chi connectivity index (χ2n) is 7.54. The van der Waals surface area contributed by atoms with Gasteiger partial charge in [-0.05, 0) is 29.8 Å². The summed E-state index contributed by atoms with van der Waals surface area (Å²) in [7, 11) is 4.37. The first-order valence-electron chi connectivity index (χ1n) is 10.3. The highest BCUT2D eigenvalue weighted by molar-refractivity contribution is 7.13. The van der Waals surface area contributed by atoms with Crippen molar-refractivity contribution in [2.75, 3.05) is 19.5 Å². The largest absolute Gasteiger partial charge is 0.506 e. The SMILES string of the molecule is COc1cc([C@H](CC(=O)c2c(O)c3ccccc3n(C)c2=O)Nc2nccs2)cc(OC)c1O. The zero-order valence-electron chi connectivity index (χ0n) is 18.7. The smallest absolute Gasteiger partial charge is 0.265 e. The summed E-state index contributed by atoms with van der Waals surface area (Å²) in [5, 5.41) is 27.1. The molecule has 0 radical (unpaired) electrons. The van der Waals surface area contributed by atoms with Gasteiger partial charge in [0.1, 0.15) is 11.3 Å². The molecule has 0 unspecified atom stereocenters. The number of aromatic nitrogens is 2. The number of carbonyl (C=O) groups is 1. The van der Waals surface area contributed by atoms with Crippen LogP contribution in [0.15, 0.2) is 52.8 Å². The van der Waals surface area contributed by atoms with E-state index in [1.165, 1.54) is 30.1 Å². The van der Waals surface area contributed by atoms with Crippen LogP contribution in [0.5, 0.6) is 23.0 Å². The van der Waals surface area contributed by atoms with E-state index in [1.54, 1.807) is 55.0 Å². The number of Topliss-reactive ketones (excluding diaryl/α,β-unsaturated/α-hetero) is 1. The molecule has 9 nitrogen and oxygen atoms in total. The Labute approximate surface area is 198 Å². The second kappa shape index (κ2) is 9.44. The molecule has 0 saturated heterocycles. The Morgan fingerprint density at radius 3 is 2.44 bits per heavy atom. The van der Waals surface area contributed by atoms with Crippen molar-refractivity contribution < 1.29 is 24.5 Å². The highest BCUT2D eigenvalue weighted by Crippen LogP contribution is 2.40. The molecule has 4 rings (SSSR count). The van der Waals surface area contributed by atoms with Crippen molar-refractivity contribution in [3.8, 4) is 23.0 Å². The number of thiazole rings is 1. The molecule has 0 bridgehead atoms. The molecule has 0 spiro atoms. The van der Waals surface area contributed by atoms with Gasteiger partial charge in [-0.25, -0.2) is 4.98 Å². The normalized spacial score (nSPS) is 11.9. The maximum absolute atomic E-state index is 13.4. The van der Waals surface area contributed by atoms with Crippen molar-refractivity contribution in [1.82, 2.24) is 9.55 Å². The first kappa shape index (κ1) is 23.1. The Hall–Kier alpha value is -4.05. The number of phenolic OH excluding ortho intramolecular Hbond substituents is 1. The topological polar surface area (TPSA) is 123 Å². The predicted molar refractivity (Wildman–Crippen MR) is 129 cm³/mol. The standard InChI is InChI=1S/C24H23N3O6S/c1-27-16-7-5-4-6-14(16)21(29)20(23(27)31)17(28)12-15(26-24-25-8-9-34-24)13-10-18(32-2)22(30)19(11-13)33-3/h4-11,15,29-30H,12H2,1-3H3,(H,25,26)/t15-/m0/s1. The van der Waals surface area contributed by atoms with Gasteiger partial charge in [0, 0.05) is 30.4 Å². The molecule has 176 valence electrons. The number of nitrogens with zero attached hydrogens (tertiary/aromatic N) is 2. The summed E-state index contributed by atoms with van der Waals surface area (Å²) >= 11 is 1.34. The van der Waals surface area contributed by atoms with Gasteiger partial charge in [-0.3, -0.25) is 9.59 Å². The number of aromatic hydroxyl groups is 2. The maximum atomic E-state index is 13.4. The average molecular weight is 482 g/mol. The van der Waals surface area contributed by atoms with Crippen LogP contribution in [0, 0.1) is 0 Å². The minimum absolute atomic E-state index is 0.164. The van der Waals surface area contributed by atoms with Crippen molar-refractivity contribution in [2.45, 2.75) is 12.5 Å². The maximum Gasteiger partial charge on any atom is 0.265 e. The number of aryl methyl sites for hydroxylation is 1. The van der Waals surface area contributed by atoms with Crippen LogP contribution < -0.4 is 20.3 Å². The summed E-state index contributed by atoms with van der Waals surface area (Å²) in [6.07, 6.45) is 1.44. The molecule has 0 fully saturated rings. The molecule has 34 heavy (non-hydrogen) atoms. The molecule has 0 aliphatic rings. The molecule has 3 N–H and O–H groups in total. The fraction of sp³-hybridized carbons (Fsp3) is 0.208. The lowest BCUT2D eigenvalue weighted by atomic mass is 9.96. The van der Waals surface area contributed by atoms with Crippen molar-refractivity contribution >= 4 is 33.2 Å². The van der Waals surface area contributed by atoms with Gasteiger partial charge in [0.05, 0.1) is 25.8 Å². The predicted octanol–water partition coefficient (Wildman–Crippen LogP) is 3.85. The van der Waals surface area contributed by atoms with Crippen LogP contribution in [0.3, 0.4) is 0 Å². The van der Waals surface area contributed by atoms with Gasteiger partial charge < -0.3 is 29.6 Å². The Kier molecular flexibility index (Phi) is 6.42. The van der Waals surface area contributed by atoms with Gasteiger partial charge in [0.25, 0.3) is 5.56 Å². The zero-order valence-corrected chi connectivity index (χ0v) is 19.5. The molecule has 10 heteroatoms. The minimum atomic E-state index is -0.669. The number of phenols is 1. The number of carbonyl (C=O) groups excluding carboxylic acids is 1. The number of ether oxygens (including phenoxy) is 2. The van der Waals surface area contributed by atoms with Gasteiger partial charge in [-0.1, -0.05) is 12.1 Å². The first-order chi connectivity index (χ1) is 16.3. The van der Waals surface area contributed by atoms with Crippen LogP contribution >= 0.6 is 11.3 Å². The Balaban J connectivity index is 1.79. The summed E-state index contributed by atoms with van der Waals surface area (Å²) < 4.78 is 11.9. The summed E-state index contributed by atoms with van der Waals surface area (Å²) in [5.41, 5.74) is 0.207. The quantitative estimate of drug-likeness (QED) is 0.324. The third-order valence-corrected chi connectivity index (χ3v) is 6.28. The molecular formula is C24H23N3O6S. The molecule has 0 aliphatic carbocycles. The third-order valence-electron chi connectivity index (χ3n) is 5.58. The summed E-state index contributed by atoms with van der Waals surface area (Å²) in [6.45, 7) is 0. The van der Waals surface area contributed by atoms with Crippen LogP contribution in [0.2, 0.25) is 0 Å². The lowest BCUT2D eigenvalue weighted by Gasteiger charge is -2.21. The second-order valence-corrected chi connectivity index (χ2v) is 8.44. The molecule has 2 aromatic carbocycles. The third kappa shape index (κ3) is 4.15. The van der Waals surface area contributed by atoms with Crippen LogP contribution in [0.4, 0.5) is 5.13 Å². The van der Waals surface area contributed by atoms with E-state index in [2.05, 4.69) is 10.3 Å². The fourth-order valence-electron chi connectivity index (χ4n) is 3.83. The van der Waals surface area contributed by atoms with E-state index in [4.69, 9.17) is 9.47 Å². The zero-order chi connectivity index (χ0) is 24.4. The van der Waals surface area contributed by atoms with Crippen LogP contribution in [-0.4, -0.2) is 39.8 Å². The molecular weight excluding hydrogens is 458 g/mol.